The second kappa shape index (κ2) is 2.30. The molecule has 0 saturated carbocycles. The topological polar surface area (TPSA) is 34.5 Å². The molecule has 1 aliphatic rings. The summed E-state index contributed by atoms with van der Waals surface area (Å²) in [6, 6.07) is 3.73. The molecule has 1 aromatic heterocycles. The first-order chi connectivity index (χ1) is 5.38. The summed E-state index contributed by atoms with van der Waals surface area (Å²) in [6.45, 7) is 1.12. The first kappa shape index (κ1) is 6.27. The first-order valence-electron chi connectivity index (χ1n) is 3.45. The lowest BCUT2D eigenvalue weighted by atomic mass is 10.7. The minimum Gasteiger partial charge on any atom is -0.446 e. The fourth-order valence-electron chi connectivity index (χ4n) is 1.08. The number of aromatic nitrogens is 1. The summed E-state index contributed by atoms with van der Waals surface area (Å²) in [5.41, 5.74) is 0. The van der Waals surface area contributed by atoms with E-state index in [1.165, 1.54) is 0 Å². The number of carbonyl (C=O) groups excluding carboxylic acids is 1. The molecule has 2 rings (SSSR count). The average molecular weight is 152 g/mol. The molecule has 0 N–H and O–H groups in total. The third-order valence-corrected chi connectivity index (χ3v) is 1.61. The van der Waals surface area contributed by atoms with Gasteiger partial charge in [-0.3, -0.25) is 4.68 Å². The lowest BCUT2D eigenvalue weighted by Crippen LogP contribution is -2.33. The molecule has 2 heterocycles. The van der Waals surface area contributed by atoms with E-state index >= 15 is 0 Å². The minimum atomic E-state index is -0.277. The summed E-state index contributed by atoms with van der Waals surface area (Å²) in [5, 5.41) is 1.54. The molecule has 0 bridgehead atoms. The summed E-state index contributed by atoms with van der Waals surface area (Å²) >= 11 is 0. The molecule has 0 unspecified atom stereocenters. The zero-order chi connectivity index (χ0) is 7.68. The van der Waals surface area contributed by atoms with Gasteiger partial charge in [0.05, 0.1) is 6.54 Å². The Kier molecular flexibility index (Phi) is 1.31. The van der Waals surface area contributed by atoms with E-state index in [9.17, 15) is 4.79 Å². The Labute approximate surface area is 63.9 Å². The lowest BCUT2D eigenvalue weighted by Gasteiger charge is -2.12. The van der Waals surface area contributed by atoms with Crippen LogP contribution in [0.3, 0.4) is 0 Å². The highest BCUT2D eigenvalue weighted by Gasteiger charge is 2.22. The van der Waals surface area contributed by atoms with Gasteiger partial charge in [0.25, 0.3) is 0 Å². The van der Waals surface area contributed by atoms with E-state index in [-0.39, 0.29) is 6.09 Å². The number of cyclic esters (lactones) is 1. The third-order valence-electron chi connectivity index (χ3n) is 1.61. The molecule has 0 aliphatic carbocycles. The molecule has 11 heavy (non-hydrogen) atoms. The smallest absolute Gasteiger partial charge is 0.429 e. The molecular formula is C7H8N2O2. The van der Waals surface area contributed by atoms with Gasteiger partial charge in [-0.1, -0.05) is 0 Å². The molecule has 0 aromatic carbocycles. The molecule has 1 amide bonds. The van der Waals surface area contributed by atoms with Crippen molar-refractivity contribution in [3.8, 4) is 0 Å². The number of hydrogen-bond donors (Lipinski definition) is 0. The summed E-state index contributed by atoms with van der Waals surface area (Å²) in [5.74, 6) is 0. The van der Waals surface area contributed by atoms with Gasteiger partial charge in [0.15, 0.2) is 0 Å². The SMILES string of the molecule is O=C1OCCN1n1cccc1. The van der Waals surface area contributed by atoms with E-state index in [2.05, 4.69) is 0 Å². The summed E-state index contributed by atoms with van der Waals surface area (Å²) < 4.78 is 6.47. The fraction of sp³-hybridized carbons (Fsp3) is 0.286. The van der Waals surface area contributed by atoms with Crippen molar-refractivity contribution in [3.63, 3.8) is 0 Å². The van der Waals surface area contributed by atoms with Crippen LogP contribution in [0.4, 0.5) is 4.79 Å². The highest BCUT2D eigenvalue weighted by atomic mass is 16.6. The van der Waals surface area contributed by atoms with Gasteiger partial charge >= 0.3 is 6.09 Å². The number of ether oxygens (including phenoxy) is 1. The predicted octanol–water partition coefficient (Wildman–Crippen LogP) is 0.576. The number of carbonyl (C=O) groups is 1. The van der Waals surface area contributed by atoms with E-state index < -0.39 is 0 Å². The van der Waals surface area contributed by atoms with Gasteiger partial charge in [-0.25, -0.2) is 9.80 Å². The maximum atomic E-state index is 11.0. The fourth-order valence-corrected chi connectivity index (χ4v) is 1.08. The van der Waals surface area contributed by atoms with Crippen LogP contribution in [-0.2, 0) is 4.74 Å². The second-order valence-electron chi connectivity index (χ2n) is 2.30. The molecule has 1 saturated heterocycles. The van der Waals surface area contributed by atoms with Crippen LogP contribution >= 0.6 is 0 Å². The zero-order valence-corrected chi connectivity index (χ0v) is 5.93. The van der Waals surface area contributed by atoms with Gasteiger partial charge in [-0.2, -0.15) is 0 Å². The van der Waals surface area contributed by atoms with E-state index in [0.29, 0.717) is 13.2 Å². The highest BCUT2D eigenvalue weighted by molar-refractivity contribution is 5.80. The molecular weight excluding hydrogens is 144 g/mol. The predicted molar refractivity (Wildman–Crippen MR) is 38.9 cm³/mol. The van der Waals surface area contributed by atoms with E-state index in [1.54, 1.807) is 9.69 Å². The third kappa shape index (κ3) is 0.960. The van der Waals surface area contributed by atoms with Gasteiger partial charge in [0.1, 0.15) is 6.61 Å². The second-order valence-corrected chi connectivity index (χ2v) is 2.30. The Bertz CT molecular complexity index is 255. The zero-order valence-electron chi connectivity index (χ0n) is 5.93. The van der Waals surface area contributed by atoms with Crippen LogP contribution in [0.15, 0.2) is 24.5 Å². The minimum absolute atomic E-state index is 0.277. The van der Waals surface area contributed by atoms with Gasteiger partial charge < -0.3 is 4.74 Å². The van der Waals surface area contributed by atoms with Gasteiger partial charge in [-0.05, 0) is 12.1 Å². The van der Waals surface area contributed by atoms with E-state index in [0.717, 1.165) is 0 Å². The number of amides is 1. The van der Waals surface area contributed by atoms with Crippen LogP contribution in [0.25, 0.3) is 0 Å². The lowest BCUT2D eigenvalue weighted by molar-refractivity contribution is 0.178. The monoisotopic (exact) mass is 152 g/mol. The largest absolute Gasteiger partial charge is 0.446 e. The molecule has 0 radical (unpaired) electrons. The van der Waals surface area contributed by atoms with Crippen LogP contribution in [0.5, 0.6) is 0 Å². The van der Waals surface area contributed by atoms with Gasteiger partial charge in [0.2, 0.25) is 0 Å². The average Bonchev–Trinajstić information content (AvgIpc) is 2.55. The normalized spacial score (nSPS) is 17.1. The molecule has 4 nitrogen and oxygen atoms in total. The Balaban J connectivity index is 2.23. The number of rotatable bonds is 1. The highest BCUT2D eigenvalue weighted by Crippen LogP contribution is 2.02. The van der Waals surface area contributed by atoms with Crippen molar-refractivity contribution < 1.29 is 9.53 Å². The maximum absolute atomic E-state index is 11.0. The van der Waals surface area contributed by atoms with Crippen LogP contribution in [0.2, 0.25) is 0 Å². The molecule has 4 heteroatoms. The van der Waals surface area contributed by atoms with Crippen molar-refractivity contribution in [2.45, 2.75) is 0 Å². The van der Waals surface area contributed by atoms with Crippen molar-refractivity contribution in [1.29, 1.82) is 0 Å². The summed E-state index contributed by atoms with van der Waals surface area (Å²) in [6.07, 6.45) is 3.35. The Morgan fingerprint density at radius 3 is 2.64 bits per heavy atom. The number of hydrogen-bond acceptors (Lipinski definition) is 2. The quantitative estimate of drug-likeness (QED) is 0.589. The van der Waals surface area contributed by atoms with Crippen LogP contribution in [0, 0.1) is 0 Å². The van der Waals surface area contributed by atoms with Crippen LogP contribution in [-0.4, -0.2) is 23.9 Å². The van der Waals surface area contributed by atoms with E-state index in [4.69, 9.17) is 4.74 Å². The first-order valence-corrected chi connectivity index (χ1v) is 3.45. The molecule has 1 aromatic rings. The molecule has 1 aliphatic heterocycles. The Morgan fingerprint density at radius 1 is 1.36 bits per heavy atom. The molecule has 0 atom stereocenters. The molecule has 0 spiro atoms. The maximum Gasteiger partial charge on any atom is 0.429 e. The molecule has 58 valence electrons. The van der Waals surface area contributed by atoms with Crippen molar-refractivity contribution in [2.75, 3.05) is 18.2 Å². The van der Waals surface area contributed by atoms with Crippen LogP contribution in [0.1, 0.15) is 0 Å². The van der Waals surface area contributed by atoms with E-state index in [1.807, 2.05) is 24.5 Å². The van der Waals surface area contributed by atoms with Crippen molar-refractivity contribution in [3.05, 3.63) is 24.5 Å². The molecule has 1 fully saturated rings. The standard InChI is InChI=1S/C7H8N2O2/c10-7-9(5-6-11-7)8-3-1-2-4-8/h1-4H,5-6H2. The van der Waals surface area contributed by atoms with Gasteiger partial charge in [0, 0.05) is 12.4 Å². The number of nitrogens with zero attached hydrogens (tertiary/aromatic N) is 2. The van der Waals surface area contributed by atoms with Crippen LogP contribution < -0.4 is 5.01 Å². The van der Waals surface area contributed by atoms with Crippen molar-refractivity contribution >= 4 is 6.09 Å². The Hall–Kier alpha value is -1.45. The van der Waals surface area contributed by atoms with Gasteiger partial charge in [-0.15, -0.1) is 0 Å². The van der Waals surface area contributed by atoms with Crippen molar-refractivity contribution in [1.82, 2.24) is 4.68 Å². The summed E-state index contributed by atoms with van der Waals surface area (Å²) in [7, 11) is 0. The van der Waals surface area contributed by atoms with Crippen molar-refractivity contribution in [2.24, 2.45) is 0 Å². The summed E-state index contributed by atoms with van der Waals surface area (Å²) in [4.78, 5) is 11.0. The Morgan fingerprint density at radius 2 is 2.09 bits per heavy atom.